The molecule has 3 aromatic heterocycles. The lowest BCUT2D eigenvalue weighted by atomic mass is 10.2. The Balaban J connectivity index is 1.50. The normalized spacial score (nSPS) is 11.4. The number of hydrogen-bond donors (Lipinski definition) is 0. The van der Waals surface area contributed by atoms with Crippen LogP contribution in [0.25, 0.3) is 11.6 Å². The fourth-order valence-electron chi connectivity index (χ4n) is 2.70. The number of aromatic nitrogens is 3. The molecule has 30 heavy (non-hydrogen) atoms. The monoisotopic (exact) mass is 442 g/mol. The smallest absolute Gasteiger partial charge is 0.221 e. The second kappa shape index (κ2) is 9.23. The molecule has 0 radical (unpaired) electrons. The standard InChI is InChI=1S/C21H19ClN4O3S/c1-3-30-21-25-24-20(19-8-5-11-27-19)26(21)23-12-15-9-10-16(29-15)13-28-18-7-4-6-17(22)14(18)2/h4-12H,3,13H2,1-2H3. The molecule has 3 heterocycles. The molecule has 0 aliphatic rings. The third-order valence-corrected chi connectivity index (χ3v) is 5.41. The van der Waals surface area contributed by atoms with Crippen LogP contribution in [0.4, 0.5) is 0 Å². The van der Waals surface area contributed by atoms with E-state index in [9.17, 15) is 0 Å². The molecule has 0 bridgehead atoms. The fraction of sp³-hybridized carbons (Fsp3) is 0.190. The van der Waals surface area contributed by atoms with Gasteiger partial charge in [0.1, 0.15) is 23.9 Å². The van der Waals surface area contributed by atoms with Crippen LogP contribution in [0.2, 0.25) is 5.02 Å². The van der Waals surface area contributed by atoms with Crippen LogP contribution >= 0.6 is 23.4 Å². The zero-order valence-electron chi connectivity index (χ0n) is 16.4. The molecular weight excluding hydrogens is 424 g/mol. The summed E-state index contributed by atoms with van der Waals surface area (Å²) < 4.78 is 18.7. The summed E-state index contributed by atoms with van der Waals surface area (Å²) in [5.74, 6) is 3.95. The molecule has 0 unspecified atom stereocenters. The minimum Gasteiger partial charge on any atom is -0.485 e. The Bertz CT molecular complexity index is 1150. The molecule has 0 aliphatic carbocycles. The number of rotatable bonds is 8. The van der Waals surface area contributed by atoms with Crippen molar-refractivity contribution in [2.45, 2.75) is 25.6 Å². The summed E-state index contributed by atoms with van der Waals surface area (Å²) in [5.41, 5.74) is 0.895. The highest BCUT2D eigenvalue weighted by atomic mass is 35.5. The van der Waals surface area contributed by atoms with Gasteiger partial charge in [-0.05, 0) is 49.1 Å². The van der Waals surface area contributed by atoms with Gasteiger partial charge in [-0.1, -0.05) is 36.4 Å². The van der Waals surface area contributed by atoms with E-state index < -0.39 is 0 Å². The molecule has 0 atom stereocenters. The molecule has 0 fully saturated rings. The maximum absolute atomic E-state index is 6.13. The van der Waals surface area contributed by atoms with Crippen LogP contribution in [0.1, 0.15) is 24.0 Å². The van der Waals surface area contributed by atoms with Crippen LogP contribution in [0.15, 0.2) is 67.8 Å². The van der Waals surface area contributed by atoms with Crippen LogP contribution < -0.4 is 4.74 Å². The van der Waals surface area contributed by atoms with Gasteiger partial charge in [0.05, 0.1) is 12.5 Å². The van der Waals surface area contributed by atoms with E-state index in [-0.39, 0.29) is 6.61 Å². The van der Waals surface area contributed by atoms with Gasteiger partial charge in [0.15, 0.2) is 5.76 Å². The van der Waals surface area contributed by atoms with Crippen molar-refractivity contribution < 1.29 is 13.6 Å². The van der Waals surface area contributed by atoms with E-state index in [2.05, 4.69) is 15.3 Å². The highest BCUT2D eigenvalue weighted by Crippen LogP contribution is 2.26. The average Bonchev–Trinajstić information content (AvgIpc) is 3.49. The third kappa shape index (κ3) is 4.44. The molecule has 4 aromatic rings. The maximum Gasteiger partial charge on any atom is 0.221 e. The molecule has 154 valence electrons. The first-order valence-electron chi connectivity index (χ1n) is 9.28. The summed E-state index contributed by atoms with van der Waals surface area (Å²) in [4.78, 5) is 0. The zero-order chi connectivity index (χ0) is 20.9. The number of hydrogen-bond acceptors (Lipinski definition) is 7. The Labute approximate surface area is 182 Å². The molecule has 0 saturated carbocycles. The lowest BCUT2D eigenvalue weighted by Gasteiger charge is -2.08. The Morgan fingerprint density at radius 1 is 1.20 bits per heavy atom. The Hall–Kier alpha value is -2.97. The predicted octanol–water partition coefficient (Wildman–Crippen LogP) is 5.67. The van der Waals surface area contributed by atoms with Gasteiger partial charge in [-0.2, -0.15) is 9.78 Å². The van der Waals surface area contributed by atoms with Gasteiger partial charge < -0.3 is 13.6 Å². The van der Waals surface area contributed by atoms with Crippen molar-refractivity contribution in [1.29, 1.82) is 0 Å². The quantitative estimate of drug-likeness (QED) is 0.258. The minimum absolute atomic E-state index is 0.288. The van der Waals surface area contributed by atoms with E-state index in [0.29, 0.717) is 33.3 Å². The summed E-state index contributed by atoms with van der Waals surface area (Å²) in [6, 6.07) is 12.9. The topological polar surface area (TPSA) is 78.6 Å². The number of thioether (sulfide) groups is 1. The first kappa shape index (κ1) is 20.3. The van der Waals surface area contributed by atoms with Crippen LogP contribution in [-0.2, 0) is 6.61 Å². The van der Waals surface area contributed by atoms with E-state index in [0.717, 1.165) is 17.1 Å². The second-order valence-corrected chi connectivity index (χ2v) is 7.87. The molecule has 1 aromatic carbocycles. The Morgan fingerprint density at radius 2 is 2.10 bits per heavy atom. The van der Waals surface area contributed by atoms with Gasteiger partial charge in [-0.3, -0.25) is 0 Å². The molecule has 0 aliphatic heterocycles. The molecule has 0 N–H and O–H groups in total. The number of benzene rings is 1. The lowest BCUT2D eigenvalue weighted by Crippen LogP contribution is -1.97. The van der Waals surface area contributed by atoms with Crippen LogP contribution in [0.3, 0.4) is 0 Å². The number of ether oxygens (including phenoxy) is 1. The van der Waals surface area contributed by atoms with E-state index in [1.165, 1.54) is 0 Å². The summed E-state index contributed by atoms with van der Waals surface area (Å²) in [6.45, 7) is 4.25. The van der Waals surface area contributed by atoms with Gasteiger partial charge in [0, 0.05) is 10.6 Å². The van der Waals surface area contributed by atoms with Gasteiger partial charge in [0.25, 0.3) is 0 Å². The van der Waals surface area contributed by atoms with Crippen molar-refractivity contribution >= 4 is 29.6 Å². The number of nitrogens with zero attached hydrogens (tertiary/aromatic N) is 4. The van der Waals surface area contributed by atoms with Crippen molar-refractivity contribution in [2.24, 2.45) is 5.10 Å². The van der Waals surface area contributed by atoms with Gasteiger partial charge >= 0.3 is 0 Å². The van der Waals surface area contributed by atoms with E-state index >= 15 is 0 Å². The number of halogens is 1. The van der Waals surface area contributed by atoms with Crippen molar-refractivity contribution in [3.8, 4) is 17.3 Å². The predicted molar refractivity (Wildman–Crippen MR) is 116 cm³/mol. The summed E-state index contributed by atoms with van der Waals surface area (Å²) in [5, 5.41) is 14.2. The van der Waals surface area contributed by atoms with Crippen molar-refractivity contribution in [2.75, 3.05) is 5.75 Å². The van der Waals surface area contributed by atoms with E-state index in [1.807, 2.05) is 50.2 Å². The molecule has 0 spiro atoms. The number of furan rings is 2. The largest absolute Gasteiger partial charge is 0.485 e. The average molecular weight is 443 g/mol. The molecule has 0 amide bonds. The summed E-state index contributed by atoms with van der Waals surface area (Å²) in [7, 11) is 0. The fourth-order valence-corrected chi connectivity index (χ4v) is 3.48. The highest BCUT2D eigenvalue weighted by molar-refractivity contribution is 7.99. The summed E-state index contributed by atoms with van der Waals surface area (Å²) in [6.07, 6.45) is 3.20. The minimum atomic E-state index is 0.288. The highest BCUT2D eigenvalue weighted by Gasteiger charge is 2.15. The molecule has 4 rings (SSSR count). The molecule has 7 nitrogen and oxygen atoms in total. The first-order valence-corrected chi connectivity index (χ1v) is 10.6. The molecular formula is C21H19ClN4O3S. The van der Waals surface area contributed by atoms with Crippen molar-refractivity contribution in [3.05, 3.63) is 70.8 Å². The lowest BCUT2D eigenvalue weighted by molar-refractivity contribution is 0.268. The molecule has 0 saturated heterocycles. The first-order chi connectivity index (χ1) is 14.7. The van der Waals surface area contributed by atoms with Crippen LogP contribution in [0, 0.1) is 6.92 Å². The van der Waals surface area contributed by atoms with Crippen LogP contribution in [-0.4, -0.2) is 26.8 Å². The third-order valence-electron chi connectivity index (χ3n) is 4.20. The van der Waals surface area contributed by atoms with Gasteiger partial charge in [0.2, 0.25) is 11.0 Å². The van der Waals surface area contributed by atoms with Crippen molar-refractivity contribution in [3.63, 3.8) is 0 Å². The Morgan fingerprint density at radius 3 is 2.90 bits per heavy atom. The SMILES string of the molecule is CCSc1nnc(-c2ccco2)n1N=Cc1ccc(COc2cccc(Cl)c2C)o1. The Kier molecular flexibility index (Phi) is 6.25. The van der Waals surface area contributed by atoms with E-state index in [4.69, 9.17) is 25.2 Å². The van der Waals surface area contributed by atoms with Crippen molar-refractivity contribution in [1.82, 2.24) is 14.9 Å². The maximum atomic E-state index is 6.13. The van der Waals surface area contributed by atoms with E-state index in [1.54, 1.807) is 35.0 Å². The summed E-state index contributed by atoms with van der Waals surface area (Å²) >= 11 is 7.67. The molecule has 9 heteroatoms. The van der Waals surface area contributed by atoms with Crippen LogP contribution in [0.5, 0.6) is 5.75 Å². The van der Waals surface area contributed by atoms with Gasteiger partial charge in [-0.25, -0.2) is 0 Å². The zero-order valence-corrected chi connectivity index (χ0v) is 18.0. The second-order valence-electron chi connectivity index (χ2n) is 6.23. The van der Waals surface area contributed by atoms with Gasteiger partial charge in [-0.15, -0.1) is 10.2 Å².